The minimum absolute atomic E-state index is 0.00217. The molecule has 3 heterocycles. The maximum absolute atomic E-state index is 13.9. The zero-order valence-electron chi connectivity index (χ0n) is 24.2. The summed E-state index contributed by atoms with van der Waals surface area (Å²) in [5, 5.41) is 4.22. The molecule has 2 aliphatic rings. The smallest absolute Gasteiger partial charge is 0.350 e. The number of benzene rings is 2. The number of hydrogen-bond acceptors (Lipinski definition) is 7. The summed E-state index contributed by atoms with van der Waals surface area (Å²) in [6.45, 7) is 10.3. The quantitative estimate of drug-likeness (QED) is 0.391. The Kier molecular flexibility index (Phi) is 8.87. The molecular formula is C31H40N6O4. The van der Waals surface area contributed by atoms with E-state index in [2.05, 4.69) is 14.9 Å². The topological polar surface area (TPSA) is 92.9 Å². The third kappa shape index (κ3) is 6.22. The van der Waals surface area contributed by atoms with Gasteiger partial charge in [0.15, 0.2) is 0 Å². The maximum atomic E-state index is 13.9. The summed E-state index contributed by atoms with van der Waals surface area (Å²) in [6, 6.07) is 17.6. The van der Waals surface area contributed by atoms with Crippen molar-refractivity contribution in [2.24, 2.45) is 5.92 Å². The molecule has 2 aliphatic heterocycles. The van der Waals surface area contributed by atoms with Gasteiger partial charge >= 0.3 is 11.7 Å². The summed E-state index contributed by atoms with van der Waals surface area (Å²) >= 11 is 0. The Hall–Kier alpha value is -3.92. The van der Waals surface area contributed by atoms with Crippen molar-refractivity contribution < 1.29 is 14.3 Å². The number of ether oxygens (including phenoxy) is 1. The lowest BCUT2D eigenvalue weighted by Gasteiger charge is -2.42. The highest BCUT2D eigenvalue weighted by molar-refractivity contribution is 5.84. The SMILES string of the molecule is CCOC(=O)C1CCN(C(=O)C(c2ccccc2)N2CCN(c3ccc(-n4cnn(C(C)C)c4=O)cc3)CC2)CC1. The highest BCUT2D eigenvalue weighted by atomic mass is 16.5. The van der Waals surface area contributed by atoms with Crippen molar-refractivity contribution in [1.29, 1.82) is 0 Å². The van der Waals surface area contributed by atoms with E-state index < -0.39 is 0 Å². The molecule has 10 nitrogen and oxygen atoms in total. The van der Waals surface area contributed by atoms with Gasteiger partial charge in [-0.1, -0.05) is 30.3 Å². The predicted octanol–water partition coefficient (Wildman–Crippen LogP) is 3.28. The van der Waals surface area contributed by atoms with Crippen LogP contribution in [0.4, 0.5) is 5.69 Å². The summed E-state index contributed by atoms with van der Waals surface area (Å²) in [4.78, 5) is 45.3. The van der Waals surface area contributed by atoms with Gasteiger partial charge in [-0.05, 0) is 63.4 Å². The number of likely N-dealkylation sites (tertiary alicyclic amines) is 1. The molecule has 218 valence electrons. The van der Waals surface area contributed by atoms with E-state index in [9.17, 15) is 14.4 Å². The van der Waals surface area contributed by atoms with Crippen LogP contribution < -0.4 is 10.6 Å². The number of amides is 1. The Morgan fingerprint density at radius 1 is 0.902 bits per heavy atom. The highest BCUT2D eigenvalue weighted by Crippen LogP contribution is 2.29. The van der Waals surface area contributed by atoms with E-state index in [4.69, 9.17) is 4.74 Å². The Morgan fingerprint density at radius 2 is 1.54 bits per heavy atom. The second-order valence-electron chi connectivity index (χ2n) is 11.0. The van der Waals surface area contributed by atoms with Gasteiger partial charge in [0.25, 0.3) is 0 Å². The first-order valence-corrected chi connectivity index (χ1v) is 14.6. The fraction of sp³-hybridized carbons (Fsp3) is 0.484. The van der Waals surface area contributed by atoms with Crippen molar-refractivity contribution in [3.05, 3.63) is 77.0 Å². The molecule has 2 saturated heterocycles. The van der Waals surface area contributed by atoms with Gasteiger partial charge < -0.3 is 14.5 Å². The Balaban J connectivity index is 1.25. The van der Waals surface area contributed by atoms with Crippen LogP contribution in [0, 0.1) is 5.92 Å². The van der Waals surface area contributed by atoms with E-state index >= 15 is 0 Å². The van der Waals surface area contributed by atoms with Gasteiger partial charge in [0.2, 0.25) is 5.91 Å². The van der Waals surface area contributed by atoms with Crippen LogP contribution in [0.15, 0.2) is 65.7 Å². The molecule has 0 spiro atoms. The molecule has 10 heteroatoms. The molecule has 2 aromatic carbocycles. The fourth-order valence-corrected chi connectivity index (χ4v) is 5.82. The van der Waals surface area contributed by atoms with Crippen LogP contribution in [-0.2, 0) is 14.3 Å². The van der Waals surface area contributed by atoms with Crippen LogP contribution in [0.2, 0.25) is 0 Å². The van der Waals surface area contributed by atoms with Crippen molar-refractivity contribution in [3.63, 3.8) is 0 Å². The van der Waals surface area contributed by atoms with E-state index in [0.29, 0.717) is 32.5 Å². The zero-order chi connectivity index (χ0) is 28.9. The molecule has 41 heavy (non-hydrogen) atoms. The van der Waals surface area contributed by atoms with Crippen molar-refractivity contribution in [2.45, 2.75) is 45.7 Å². The lowest BCUT2D eigenvalue weighted by Crippen LogP contribution is -2.52. The number of anilines is 1. The molecule has 0 saturated carbocycles. The summed E-state index contributed by atoms with van der Waals surface area (Å²) in [5.41, 5.74) is 2.71. The number of aromatic nitrogens is 3. The summed E-state index contributed by atoms with van der Waals surface area (Å²) < 4.78 is 8.24. The van der Waals surface area contributed by atoms with E-state index in [0.717, 1.165) is 43.1 Å². The van der Waals surface area contributed by atoms with Crippen LogP contribution in [0.5, 0.6) is 0 Å². The Bertz CT molecular complexity index is 1370. The number of carbonyl (C=O) groups is 2. The number of piperidine rings is 1. The van der Waals surface area contributed by atoms with Crippen LogP contribution >= 0.6 is 0 Å². The molecule has 3 aromatic rings. The standard InChI is InChI=1S/C31H40N6O4/c1-4-41-30(39)25-14-16-35(17-15-25)29(38)28(24-8-6-5-7-9-24)34-20-18-33(19-21-34)26-10-12-27(13-11-26)36-22-32-37(23(2)3)31(36)40/h5-13,22-23,25,28H,4,14-21H2,1-3H3. The van der Waals surface area contributed by atoms with Crippen molar-refractivity contribution >= 4 is 17.6 Å². The van der Waals surface area contributed by atoms with Crippen molar-refractivity contribution in [1.82, 2.24) is 24.1 Å². The van der Waals surface area contributed by atoms with Gasteiger partial charge in [-0.2, -0.15) is 5.10 Å². The van der Waals surface area contributed by atoms with Crippen LogP contribution in [0.25, 0.3) is 5.69 Å². The normalized spacial score (nSPS) is 17.6. The number of rotatable bonds is 8. The molecule has 1 aromatic heterocycles. The van der Waals surface area contributed by atoms with Gasteiger partial charge in [0.1, 0.15) is 12.4 Å². The molecule has 1 unspecified atom stereocenters. The average Bonchev–Trinajstić information content (AvgIpc) is 3.40. The largest absolute Gasteiger partial charge is 0.466 e. The minimum atomic E-state index is -0.357. The lowest BCUT2D eigenvalue weighted by atomic mass is 9.95. The fourth-order valence-electron chi connectivity index (χ4n) is 5.82. The molecule has 0 N–H and O–H groups in total. The molecule has 2 fully saturated rings. The van der Waals surface area contributed by atoms with Gasteiger partial charge in [-0.15, -0.1) is 0 Å². The first-order chi connectivity index (χ1) is 19.9. The lowest BCUT2D eigenvalue weighted by molar-refractivity contribution is -0.152. The Labute approximate surface area is 241 Å². The third-order valence-corrected chi connectivity index (χ3v) is 8.13. The number of hydrogen-bond donors (Lipinski definition) is 0. The van der Waals surface area contributed by atoms with Crippen molar-refractivity contribution in [3.8, 4) is 5.69 Å². The number of nitrogens with zero attached hydrogens (tertiary/aromatic N) is 6. The van der Waals surface area contributed by atoms with E-state index in [1.807, 2.05) is 80.3 Å². The monoisotopic (exact) mass is 560 g/mol. The second kappa shape index (κ2) is 12.7. The van der Waals surface area contributed by atoms with Gasteiger partial charge in [0, 0.05) is 45.0 Å². The molecule has 1 atom stereocenters. The highest BCUT2D eigenvalue weighted by Gasteiger charge is 2.36. The number of esters is 1. The van der Waals surface area contributed by atoms with Gasteiger partial charge in [-0.25, -0.2) is 14.0 Å². The van der Waals surface area contributed by atoms with Gasteiger partial charge in [0.05, 0.1) is 24.3 Å². The van der Waals surface area contributed by atoms with E-state index in [1.165, 1.54) is 4.68 Å². The van der Waals surface area contributed by atoms with Crippen LogP contribution in [-0.4, -0.2) is 81.9 Å². The molecular weight excluding hydrogens is 520 g/mol. The molecule has 5 rings (SSSR count). The average molecular weight is 561 g/mol. The minimum Gasteiger partial charge on any atom is -0.466 e. The first kappa shape index (κ1) is 28.6. The molecule has 1 amide bonds. The summed E-state index contributed by atoms with van der Waals surface area (Å²) in [6.07, 6.45) is 2.84. The van der Waals surface area contributed by atoms with Crippen molar-refractivity contribution in [2.75, 3.05) is 50.8 Å². The molecule has 0 radical (unpaired) electrons. The predicted molar refractivity (Wildman–Crippen MR) is 157 cm³/mol. The van der Waals surface area contributed by atoms with E-state index in [1.54, 1.807) is 10.9 Å². The van der Waals surface area contributed by atoms with Gasteiger partial charge in [-0.3, -0.25) is 14.5 Å². The first-order valence-electron chi connectivity index (χ1n) is 14.6. The summed E-state index contributed by atoms with van der Waals surface area (Å²) in [5.74, 6) is -0.182. The number of carbonyl (C=O) groups excluding carboxylic acids is 2. The summed E-state index contributed by atoms with van der Waals surface area (Å²) in [7, 11) is 0. The van der Waals surface area contributed by atoms with Crippen LogP contribution in [0.1, 0.15) is 51.3 Å². The second-order valence-corrected chi connectivity index (χ2v) is 11.0. The number of piperazine rings is 1. The maximum Gasteiger partial charge on any atom is 0.350 e. The van der Waals surface area contributed by atoms with E-state index in [-0.39, 0.29) is 35.6 Å². The van der Waals surface area contributed by atoms with Crippen LogP contribution in [0.3, 0.4) is 0 Å². The zero-order valence-corrected chi connectivity index (χ0v) is 24.2. The Morgan fingerprint density at radius 3 is 2.12 bits per heavy atom. The third-order valence-electron chi connectivity index (χ3n) is 8.13. The molecule has 0 bridgehead atoms. The molecule has 0 aliphatic carbocycles.